The number of rotatable bonds is 5. The number of amides is 1. The van der Waals surface area contributed by atoms with E-state index < -0.39 is 0 Å². The SMILES string of the molecule is NNC(=O)c1ccc(CN2CCCCC2CCO)cc1. The Morgan fingerprint density at radius 1 is 1.35 bits per heavy atom. The Morgan fingerprint density at radius 2 is 2.10 bits per heavy atom. The second-order valence-corrected chi connectivity index (χ2v) is 5.30. The van der Waals surface area contributed by atoms with Crippen molar-refractivity contribution in [2.24, 2.45) is 5.84 Å². The average Bonchev–Trinajstić information content (AvgIpc) is 2.49. The van der Waals surface area contributed by atoms with E-state index in [2.05, 4.69) is 10.3 Å². The Kier molecular flexibility index (Phi) is 5.52. The summed E-state index contributed by atoms with van der Waals surface area (Å²) in [4.78, 5) is 13.8. The first-order chi connectivity index (χ1) is 9.74. The largest absolute Gasteiger partial charge is 0.396 e. The number of piperidine rings is 1. The van der Waals surface area contributed by atoms with Gasteiger partial charge in [0.2, 0.25) is 0 Å². The Hall–Kier alpha value is -1.43. The van der Waals surface area contributed by atoms with Gasteiger partial charge in [0, 0.05) is 24.8 Å². The van der Waals surface area contributed by atoms with Crippen LogP contribution < -0.4 is 11.3 Å². The van der Waals surface area contributed by atoms with Gasteiger partial charge in [-0.05, 0) is 43.5 Å². The normalized spacial score (nSPS) is 19.8. The van der Waals surface area contributed by atoms with E-state index in [0.717, 1.165) is 25.9 Å². The van der Waals surface area contributed by atoms with Crippen LogP contribution in [0.25, 0.3) is 0 Å². The molecule has 1 aliphatic heterocycles. The molecule has 0 radical (unpaired) electrons. The first-order valence-corrected chi connectivity index (χ1v) is 7.19. The van der Waals surface area contributed by atoms with Crippen LogP contribution in [0, 0.1) is 0 Å². The van der Waals surface area contributed by atoms with Crippen LogP contribution in [0.4, 0.5) is 0 Å². The van der Waals surface area contributed by atoms with Gasteiger partial charge in [0.25, 0.3) is 5.91 Å². The van der Waals surface area contributed by atoms with Gasteiger partial charge >= 0.3 is 0 Å². The minimum absolute atomic E-state index is 0.247. The van der Waals surface area contributed by atoms with Crippen molar-refractivity contribution in [1.82, 2.24) is 10.3 Å². The van der Waals surface area contributed by atoms with Crippen LogP contribution in [-0.4, -0.2) is 35.1 Å². The number of likely N-dealkylation sites (tertiary alicyclic amines) is 1. The zero-order valence-electron chi connectivity index (χ0n) is 11.7. The summed E-state index contributed by atoms with van der Waals surface area (Å²) in [5.74, 6) is 4.84. The molecule has 0 aliphatic carbocycles. The van der Waals surface area contributed by atoms with Crippen molar-refractivity contribution in [3.05, 3.63) is 35.4 Å². The number of hydrogen-bond donors (Lipinski definition) is 3. The minimum atomic E-state index is -0.271. The molecule has 1 fully saturated rings. The zero-order valence-corrected chi connectivity index (χ0v) is 11.7. The van der Waals surface area contributed by atoms with Crippen LogP contribution >= 0.6 is 0 Å². The monoisotopic (exact) mass is 277 g/mol. The molecular weight excluding hydrogens is 254 g/mol. The van der Waals surface area contributed by atoms with E-state index in [1.54, 1.807) is 12.1 Å². The molecule has 1 aromatic carbocycles. The molecule has 1 atom stereocenters. The predicted molar refractivity (Wildman–Crippen MR) is 77.8 cm³/mol. The first-order valence-electron chi connectivity index (χ1n) is 7.19. The fourth-order valence-corrected chi connectivity index (χ4v) is 2.82. The highest BCUT2D eigenvalue weighted by atomic mass is 16.3. The molecule has 0 bridgehead atoms. The van der Waals surface area contributed by atoms with Crippen LogP contribution in [0.2, 0.25) is 0 Å². The number of nitrogens with zero attached hydrogens (tertiary/aromatic N) is 1. The Morgan fingerprint density at radius 3 is 2.75 bits per heavy atom. The summed E-state index contributed by atoms with van der Waals surface area (Å²) in [6.45, 7) is 2.20. The van der Waals surface area contributed by atoms with Crippen molar-refractivity contribution in [1.29, 1.82) is 0 Å². The lowest BCUT2D eigenvalue weighted by molar-refractivity contribution is 0.0953. The molecule has 0 spiro atoms. The number of hydrogen-bond acceptors (Lipinski definition) is 4. The molecule has 0 saturated carbocycles. The number of benzene rings is 1. The van der Waals surface area contributed by atoms with Crippen molar-refractivity contribution in [3.63, 3.8) is 0 Å². The van der Waals surface area contributed by atoms with Crippen molar-refractivity contribution in [3.8, 4) is 0 Å². The summed E-state index contributed by atoms with van der Waals surface area (Å²) in [7, 11) is 0. The number of carbonyl (C=O) groups excluding carboxylic acids is 1. The Labute approximate surface area is 119 Å². The van der Waals surface area contributed by atoms with Gasteiger partial charge in [0.15, 0.2) is 0 Å². The molecule has 110 valence electrons. The van der Waals surface area contributed by atoms with Gasteiger partial charge in [-0.2, -0.15) is 0 Å². The van der Waals surface area contributed by atoms with E-state index in [1.807, 2.05) is 12.1 Å². The van der Waals surface area contributed by atoms with Crippen LogP contribution in [0.3, 0.4) is 0 Å². The fourth-order valence-electron chi connectivity index (χ4n) is 2.82. The van der Waals surface area contributed by atoms with E-state index in [9.17, 15) is 4.79 Å². The van der Waals surface area contributed by atoms with Crippen molar-refractivity contribution in [2.75, 3.05) is 13.2 Å². The maximum Gasteiger partial charge on any atom is 0.265 e. The number of nitrogen functional groups attached to an aromatic ring is 1. The molecule has 2 rings (SSSR count). The second-order valence-electron chi connectivity index (χ2n) is 5.30. The summed E-state index contributed by atoms with van der Waals surface area (Å²) in [6.07, 6.45) is 4.47. The first kappa shape index (κ1) is 15.0. The molecule has 1 amide bonds. The standard InChI is InChI=1S/C15H23N3O2/c16-17-15(20)13-6-4-12(5-7-13)11-18-9-2-1-3-14(18)8-10-19/h4-7,14,19H,1-3,8-11,16H2,(H,17,20). The molecule has 5 heteroatoms. The molecule has 1 aliphatic rings. The van der Waals surface area contributed by atoms with Gasteiger partial charge < -0.3 is 5.11 Å². The lowest BCUT2D eigenvalue weighted by atomic mass is 9.98. The number of hydrazine groups is 1. The van der Waals surface area contributed by atoms with Crippen molar-refractivity contribution < 1.29 is 9.90 Å². The zero-order chi connectivity index (χ0) is 14.4. The predicted octanol–water partition coefficient (Wildman–Crippen LogP) is 1.03. The molecule has 5 nitrogen and oxygen atoms in total. The Balaban J connectivity index is 1.99. The topological polar surface area (TPSA) is 78.6 Å². The number of aliphatic hydroxyl groups excluding tert-OH is 1. The fraction of sp³-hybridized carbons (Fsp3) is 0.533. The lowest BCUT2D eigenvalue weighted by Gasteiger charge is -2.35. The smallest absolute Gasteiger partial charge is 0.265 e. The third kappa shape index (κ3) is 3.79. The van der Waals surface area contributed by atoms with Crippen LogP contribution in [0.1, 0.15) is 41.6 Å². The highest BCUT2D eigenvalue weighted by molar-refractivity contribution is 5.93. The number of nitrogens with two attached hydrogens (primary N) is 1. The molecule has 20 heavy (non-hydrogen) atoms. The van der Waals surface area contributed by atoms with E-state index >= 15 is 0 Å². The van der Waals surface area contributed by atoms with Crippen molar-refractivity contribution >= 4 is 5.91 Å². The molecule has 0 aromatic heterocycles. The summed E-state index contributed by atoms with van der Waals surface area (Å²) in [5, 5.41) is 9.14. The Bertz CT molecular complexity index is 431. The second kappa shape index (κ2) is 7.38. The van der Waals surface area contributed by atoms with Gasteiger partial charge in [0.1, 0.15) is 0 Å². The summed E-state index contributed by atoms with van der Waals surface area (Å²) < 4.78 is 0. The number of aliphatic hydroxyl groups is 1. The highest BCUT2D eigenvalue weighted by Gasteiger charge is 2.21. The summed E-state index contributed by atoms with van der Waals surface area (Å²) in [5.41, 5.74) is 3.88. The van der Waals surface area contributed by atoms with E-state index in [0.29, 0.717) is 11.6 Å². The number of nitrogens with one attached hydrogen (secondary N) is 1. The van der Waals surface area contributed by atoms with E-state index in [4.69, 9.17) is 10.9 Å². The van der Waals surface area contributed by atoms with E-state index in [-0.39, 0.29) is 12.5 Å². The molecule has 1 heterocycles. The van der Waals surface area contributed by atoms with Crippen LogP contribution in [0.15, 0.2) is 24.3 Å². The molecule has 1 unspecified atom stereocenters. The van der Waals surface area contributed by atoms with Gasteiger partial charge in [-0.1, -0.05) is 18.6 Å². The number of carbonyl (C=O) groups is 1. The van der Waals surface area contributed by atoms with Gasteiger partial charge in [-0.25, -0.2) is 5.84 Å². The minimum Gasteiger partial charge on any atom is -0.396 e. The van der Waals surface area contributed by atoms with Gasteiger partial charge in [-0.15, -0.1) is 0 Å². The lowest BCUT2D eigenvalue weighted by Crippen LogP contribution is -2.39. The van der Waals surface area contributed by atoms with Crippen LogP contribution in [0.5, 0.6) is 0 Å². The summed E-state index contributed by atoms with van der Waals surface area (Å²) in [6, 6.07) is 8.00. The summed E-state index contributed by atoms with van der Waals surface area (Å²) >= 11 is 0. The maximum atomic E-state index is 11.4. The molecule has 1 aromatic rings. The van der Waals surface area contributed by atoms with Crippen molar-refractivity contribution in [2.45, 2.75) is 38.3 Å². The van der Waals surface area contributed by atoms with E-state index in [1.165, 1.54) is 18.4 Å². The molecule has 1 saturated heterocycles. The molecule has 4 N–H and O–H groups in total. The molecular formula is C15H23N3O2. The maximum absolute atomic E-state index is 11.4. The van der Waals surface area contributed by atoms with Crippen LogP contribution in [-0.2, 0) is 6.54 Å². The van der Waals surface area contributed by atoms with Gasteiger partial charge in [0.05, 0.1) is 0 Å². The highest BCUT2D eigenvalue weighted by Crippen LogP contribution is 2.21. The third-order valence-electron chi connectivity index (χ3n) is 3.94. The average molecular weight is 277 g/mol. The van der Waals surface area contributed by atoms with Gasteiger partial charge in [-0.3, -0.25) is 15.1 Å². The third-order valence-corrected chi connectivity index (χ3v) is 3.94. The quantitative estimate of drug-likeness (QED) is 0.427.